The van der Waals surface area contributed by atoms with Crippen molar-refractivity contribution in [2.45, 2.75) is 26.2 Å². The molecule has 2 aromatic carbocycles. The average molecular weight is 379 g/mol. The molecular weight excluding hydrogens is 358 g/mol. The first-order valence-electron chi connectivity index (χ1n) is 9.39. The molecule has 0 saturated carbocycles. The summed E-state index contributed by atoms with van der Waals surface area (Å²) in [6.07, 6.45) is 2.63. The van der Waals surface area contributed by atoms with Gasteiger partial charge in [-0.05, 0) is 56.0 Å². The predicted molar refractivity (Wildman–Crippen MR) is 106 cm³/mol. The normalized spacial score (nSPS) is 12.6. The molecular formula is C22H21NO5. The lowest BCUT2D eigenvalue weighted by Gasteiger charge is -2.12. The third kappa shape index (κ3) is 3.58. The number of hydrogen-bond donors (Lipinski definition) is 1. The van der Waals surface area contributed by atoms with Crippen molar-refractivity contribution in [2.24, 2.45) is 0 Å². The Kier molecular flexibility index (Phi) is 5.02. The van der Waals surface area contributed by atoms with Crippen LogP contribution in [-0.2, 0) is 17.6 Å². The maximum Gasteiger partial charge on any atom is 0.339 e. The SMILES string of the molecule is CCOc1ccccc1NC(=O)COc1ccc2c3c(c(=O)oc2c1)CCC3. The zero-order valence-electron chi connectivity index (χ0n) is 15.6. The number of carbonyl (C=O) groups is 1. The van der Waals surface area contributed by atoms with Gasteiger partial charge in [0, 0.05) is 17.0 Å². The minimum Gasteiger partial charge on any atom is -0.492 e. The van der Waals surface area contributed by atoms with Crippen LogP contribution in [0.2, 0.25) is 0 Å². The van der Waals surface area contributed by atoms with Crippen LogP contribution in [0.15, 0.2) is 51.7 Å². The molecule has 1 aliphatic carbocycles. The molecule has 0 unspecified atom stereocenters. The van der Waals surface area contributed by atoms with Gasteiger partial charge in [0.15, 0.2) is 6.61 Å². The molecule has 3 aromatic rings. The molecule has 0 fully saturated rings. The minimum atomic E-state index is -0.303. The van der Waals surface area contributed by atoms with Crippen molar-refractivity contribution in [3.05, 3.63) is 64.0 Å². The molecule has 1 N–H and O–H groups in total. The molecule has 0 aliphatic heterocycles. The van der Waals surface area contributed by atoms with E-state index in [9.17, 15) is 9.59 Å². The molecule has 0 bridgehead atoms. The van der Waals surface area contributed by atoms with Crippen LogP contribution in [0.4, 0.5) is 5.69 Å². The number of ether oxygens (including phenoxy) is 2. The van der Waals surface area contributed by atoms with Gasteiger partial charge >= 0.3 is 5.63 Å². The smallest absolute Gasteiger partial charge is 0.339 e. The Labute approximate surface area is 162 Å². The molecule has 0 saturated heterocycles. The molecule has 1 aromatic heterocycles. The summed E-state index contributed by atoms with van der Waals surface area (Å²) in [5.41, 5.74) is 2.67. The number of nitrogens with one attached hydrogen (secondary N) is 1. The largest absolute Gasteiger partial charge is 0.492 e. The average Bonchev–Trinajstić information content (AvgIpc) is 3.19. The molecule has 1 amide bonds. The van der Waals surface area contributed by atoms with Gasteiger partial charge in [0.05, 0.1) is 12.3 Å². The molecule has 1 aliphatic rings. The second-order valence-electron chi connectivity index (χ2n) is 6.62. The van der Waals surface area contributed by atoms with Crippen molar-refractivity contribution in [2.75, 3.05) is 18.5 Å². The van der Waals surface area contributed by atoms with E-state index >= 15 is 0 Å². The molecule has 6 nitrogen and oxygen atoms in total. The first kappa shape index (κ1) is 18.1. The Morgan fingerprint density at radius 3 is 2.79 bits per heavy atom. The summed E-state index contributed by atoms with van der Waals surface area (Å²) in [5.74, 6) is 0.782. The summed E-state index contributed by atoms with van der Waals surface area (Å²) in [7, 11) is 0. The molecule has 0 radical (unpaired) electrons. The summed E-state index contributed by atoms with van der Waals surface area (Å²) >= 11 is 0. The van der Waals surface area contributed by atoms with Crippen molar-refractivity contribution in [1.29, 1.82) is 0 Å². The maximum absolute atomic E-state index is 12.2. The molecule has 4 rings (SSSR count). The van der Waals surface area contributed by atoms with E-state index in [1.54, 1.807) is 24.3 Å². The topological polar surface area (TPSA) is 77.8 Å². The van der Waals surface area contributed by atoms with Gasteiger partial charge in [-0.25, -0.2) is 4.79 Å². The first-order chi connectivity index (χ1) is 13.7. The number of aryl methyl sites for hydroxylation is 1. The summed E-state index contributed by atoms with van der Waals surface area (Å²) in [5, 5.41) is 3.72. The maximum atomic E-state index is 12.2. The van der Waals surface area contributed by atoms with Gasteiger partial charge in [0.1, 0.15) is 17.1 Å². The zero-order valence-corrected chi connectivity index (χ0v) is 15.6. The van der Waals surface area contributed by atoms with E-state index in [0.717, 1.165) is 35.8 Å². The molecule has 144 valence electrons. The number of carbonyl (C=O) groups excluding carboxylic acids is 1. The predicted octanol–water partition coefficient (Wildman–Crippen LogP) is 3.70. The van der Waals surface area contributed by atoms with Crippen molar-refractivity contribution in [3.8, 4) is 11.5 Å². The van der Waals surface area contributed by atoms with E-state index in [0.29, 0.717) is 29.4 Å². The van der Waals surface area contributed by atoms with E-state index in [-0.39, 0.29) is 18.1 Å². The van der Waals surface area contributed by atoms with E-state index in [2.05, 4.69) is 5.32 Å². The lowest BCUT2D eigenvalue weighted by atomic mass is 10.1. The first-order valence-corrected chi connectivity index (χ1v) is 9.39. The van der Waals surface area contributed by atoms with Crippen LogP contribution in [0, 0.1) is 0 Å². The second kappa shape index (κ2) is 7.76. The highest BCUT2D eigenvalue weighted by molar-refractivity contribution is 5.93. The monoisotopic (exact) mass is 379 g/mol. The number of para-hydroxylation sites is 2. The number of amides is 1. The third-order valence-corrected chi connectivity index (χ3v) is 4.78. The fourth-order valence-electron chi connectivity index (χ4n) is 3.54. The Bertz CT molecular complexity index is 1090. The van der Waals surface area contributed by atoms with Crippen molar-refractivity contribution in [1.82, 2.24) is 0 Å². The number of benzene rings is 2. The summed E-state index contributed by atoms with van der Waals surface area (Å²) in [6.45, 7) is 2.23. The second-order valence-corrected chi connectivity index (χ2v) is 6.62. The Morgan fingerprint density at radius 2 is 1.93 bits per heavy atom. The van der Waals surface area contributed by atoms with Gasteiger partial charge < -0.3 is 19.2 Å². The van der Waals surface area contributed by atoms with Crippen molar-refractivity contribution in [3.63, 3.8) is 0 Å². The van der Waals surface area contributed by atoms with Crippen LogP contribution in [0.3, 0.4) is 0 Å². The summed E-state index contributed by atoms with van der Waals surface area (Å²) in [6, 6.07) is 12.6. The highest BCUT2D eigenvalue weighted by Gasteiger charge is 2.19. The highest BCUT2D eigenvalue weighted by Crippen LogP contribution is 2.29. The number of hydrogen-bond acceptors (Lipinski definition) is 5. The van der Waals surface area contributed by atoms with Crippen LogP contribution in [0.1, 0.15) is 24.5 Å². The van der Waals surface area contributed by atoms with Crippen LogP contribution < -0.4 is 20.4 Å². The van der Waals surface area contributed by atoms with Crippen molar-refractivity contribution >= 4 is 22.6 Å². The Balaban J connectivity index is 1.46. The molecule has 0 spiro atoms. The molecule has 28 heavy (non-hydrogen) atoms. The van der Waals surface area contributed by atoms with E-state index < -0.39 is 0 Å². The minimum absolute atomic E-state index is 0.166. The van der Waals surface area contributed by atoms with Gasteiger partial charge in [-0.3, -0.25) is 4.79 Å². The Hall–Kier alpha value is -3.28. The lowest BCUT2D eigenvalue weighted by molar-refractivity contribution is -0.118. The zero-order chi connectivity index (χ0) is 19.5. The number of rotatable bonds is 6. The van der Waals surface area contributed by atoms with Gasteiger partial charge in [-0.15, -0.1) is 0 Å². The summed E-state index contributed by atoms with van der Waals surface area (Å²) in [4.78, 5) is 24.4. The van der Waals surface area contributed by atoms with Crippen LogP contribution in [-0.4, -0.2) is 19.1 Å². The molecule has 6 heteroatoms. The van der Waals surface area contributed by atoms with Crippen LogP contribution >= 0.6 is 0 Å². The quantitative estimate of drug-likeness (QED) is 0.661. The van der Waals surface area contributed by atoms with Gasteiger partial charge in [0.2, 0.25) is 0 Å². The fourth-order valence-corrected chi connectivity index (χ4v) is 3.54. The fraction of sp³-hybridized carbons (Fsp3) is 0.273. The summed E-state index contributed by atoms with van der Waals surface area (Å²) < 4.78 is 16.5. The standard InChI is InChI=1S/C22H21NO5/c1-2-26-19-9-4-3-8-18(19)23-21(24)13-27-14-10-11-16-15-6-5-7-17(15)22(25)28-20(16)12-14/h3-4,8-12H,2,5-7,13H2,1H3,(H,23,24). The van der Waals surface area contributed by atoms with Crippen molar-refractivity contribution < 1.29 is 18.7 Å². The van der Waals surface area contributed by atoms with E-state index in [4.69, 9.17) is 13.9 Å². The highest BCUT2D eigenvalue weighted by atomic mass is 16.5. The van der Waals surface area contributed by atoms with Gasteiger partial charge in [0.25, 0.3) is 5.91 Å². The van der Waals surface area contributed by atoms with E-state index in [1.807, 2.05) is 25.1 Å². The Morgan fingerprint density at radius 1 is 1.11 bits per heavy atom. The van der Waals surface area contributed by atoms with Crippen LogP contribution in [0.25, 0.3) is 11.0 Å². The van der Waals surface area contributed by atoms with Crippen LogP contribution in [0.5, 0.6) is 11.5 Å². The molecule has 0 atom stereocenters. The lowest BCUT2D eigenvalue weighted by Crippen LogP contribution is -2.20. The number of anilines is 1. The van der Waals surface area contributed by atoms with Gasteiger partial charge in [-0.1, -0.05) is 12.1 Å². The third-order valence-electron chi connectivity index (χ3n) is 4.78. The van der Waals surface area contributed by atoms with E-state index in [1.165, 1.54) is 0 Å². The van der Waals surface area contributed by atoms with Gasteiger partial charge in [-0.2, -0.15) is 0 Å². The molecule has 1 heterocycles. The number of fused-ring (bicyclic) bond motifs is 3.